The first-order valence-corrected chi connectivity index (χ1v) is 6.35. The van der Waals surface area contributed by atoms with Gasteiger partial charge in [-0.1, -0.05) is 12.8 Å². The van der Waals surface area contributed by atoms with Gasteiger partial charge in [-0.3, -0.25) is 0 Å². The normalized spacial score (nSPS) is 16.5. The molecule has 0 saturated heterocycles. The van der Waals surface area contributed by atoms with Gasteiger partial charge in [-0.15, -0.1) is 11.8 Å². The Bertz CT molecular complexity index is 386. The zero-order valence-corrected chi connectivity index (χ0v) is 9.81. The molecule has 78 valence electrons. The van der Waals surface area contributed by atoms with Gasteiger partial charge >= 0.3 is 0 Å². The van der Waals surface area contributed by atoms with Gasteiger partial charge in [-0.05, 0) is 43.5 Å². The standard InChI is InChI=1S/C13H15NS/c1-10-8-13(7-6-11(10)9-14)15-12-4-2-3-5-12/h6-8,12H,2-5H2,1H3. The molecule has 0 heterocycles. The Balaban J connectivity index is 2.09. The van der Waals surface area contributed by atoms with Gasteiger partial charge < -0.3 is 0 Å². The molecule has 1 nitrogen and oxygen atoms in total. The van der Waals surface area contributed by atoms with Crippen LogP contribution in [-0.4, -0.2) is 5.25 Å². The summed E-state index contributed by atoms with van der Waals surface area (Å²) in [7, 11) is 0. The third-order valence-electron chi connectivity index (χ3n) is 2.92. The average Bonchev–Trinajstić information content (AvgIpc) is 2.71. The summed E-state index contributed by atoms with van der Waals surface area (Å²) in [5, 5.41) is 9.64. The van der Waals surface area contributed by atoms with E-state index < -0.39 is 0 Å². The molecular formula is C13H15NS. The van der Waals surface area contributed by atoms with Crippen molar-refractivity contribution in [2.75, 3.05) is 0 Å². The Morgan fingerprint density at radius 3 is 2.67 bits per heavy atom. The summed E-state index contributed by atoms with van der Waals surface area (Å²) in [4.78, 5) is 1.32. The van der Waals surface area contributed by atoms with Crippen LogP contribution in [0.3, 0.4) is 0 Å². The van der Waals surface area contributed by atoms with Crippen LogP contribution < -0.4 is 0 Å². The second-order valence-electron chi connectivity index (χ2n) is 4.11. The van der Waals surface area contributed by atoms with Crippen LogP contribution in [-0.2, 0) is 0 Å². The molecule has 0 bridgehead atoms. The number of hydrogen-bond donors (Lipinski definition) is 0. The lowest BCUT2D eigenvalue weighted by molar-refractivity contribution is 0.886. The van der Waals surface area contributed by atoms with Gasteiger partial charge in [0.05, 0.1) is 11.6 Å². The van der Waals surface area contributed by atoms with E-state index in [0.29, 0.717) is 0 Å². The van der Waals surface area contributed by atoms with E-state index in [-0.39, 0.29) is 0 Å². The summed E-state index contributed by atoms with van der Waals surface area (Å²) >= 11 is 1.98. The number of thioether (sulfide) groups is 1. The van der Waals surface area contributed by atoms with Crippen molar-refractivity contribution in [1.82, 2.24) is 0 Å². The highest BCUT2D eigenvalue weighted by Gasteiger charge is 2.16. The minimum absolute atomic E-state index is 0.797. The topological polar surface area (TPSA) is 23.8 Å². The predicted molar refractivity (Wildman–Crippen MR) is 64.0 cm³/mol. The molecule has 1 fully saturated rings. The Labute approximate surface area is 95.5 Å². The molecule has 0 aliphatic heterocycles. The SMILES string of the molecule is Cc1cc(SC2CCCC2)ccc1C#N. The first-order valence-electron chi connectivity index (χ1n) is 5.47. The van der Waals surface area contributed by atoms with Crippen LogP contribution in [0.1, 0.15) is 36.8 Å². The predicted octanol–water partition coefficient (Wildman–Crippen LogP) is 3.90. The van der Waals surface area contributed by atoms with Gasteiger partial charge in [0.15, 0.2) is 0 Å². The van der Waals surface area contributed by atoms with Crippen molar-refractivity contribution in [3.8, 4) is 6.07 Å². The van der Waals surface area contributed by atoms with Gasteiger partial charge in [0.2, 0.25) is 0 Å². The van der Waals surface area contributed by atoms with Crippen molar-refractivity contribution in [3.05, 3.63) is 29.3 Å². The molecule has 1 aromatic carbocycles. The van der Waals surface area contributed by atoms with Gasteiger partial charge in [0.1, 0.15) is 0 Å². The largest absolute Gasteiger partial charge is 0.192 e. The molecule has 0 spiro atoms. The Morgan fingerprint density at radius 1 is 1.33 bits per heavy atom. The molecule has 0 amide bonds. The monoisotopic (exact) mass is 217 g/mol. The number of nitrogens with zero attached hydrogens (tertiary/aromatic N) is 1. The molecule has 0 radical (unpaired) electrons. The average molecular weight is 217 g/mol. The molecule has 1 saturated carbocycles. The van der Waals surface area contributed by atoms with Crippen molar-refractivity contribution in [2.24, 2.45) is 0 Å². The molecule has 2 heteroatoms. The van der Waals surface area contributed by atoms with Crippen LogP contribution in [0.4, 0.5) is 0 Å². The van der Waals surface area contributed by atoms with Crippen molar-refractivity contribution >= 4 is 11.8 Å². The van der Waals surface area contributed by atoms with E-state index in [4.69, 9.17) is 5.26 Å². The van der Waals surface area contributed by atoms with Crippen LogP contribution >= 0.6 is 11.8 Å². The zero-order chi connectivity index (χ0) is 10.7. The maximum absolute atomic E-state index is 8.84. The summed E-state index contributed by atoms with van der Waals surface area (Å²) in [5.41, 5.74) is 1.89. The molecule has 0 unspecified atom stereocenters. The smallest absolute Gasteiger partial charge is 0.0994 e. The molecule has 2 rings (SSSR count). The molecule has 0 atom stereocenters. The van der Waals surface area contributed by atoms with Crippen molar-refractivity contribution in [3.63, 3.8) is 0 Å². The van der Waals surface area contributed by atoms with Gasteiger partial charge in [-0.2, -0.15) is 5.26 Å². The van der Waals surface area contributed by atoms with Crippen LogP contribution in [0.25, 0.3) is 0 Å². The van der Waals surface area contributed by atoms with Crippen molar-refractivity contribution in [2.45, 2.75) is 42.8 Å². The highest BCUT2D eigenvalue weighted by molar-refractivity contribution is 8.00. The molecule has 1 aromatic rings. The second kappa shape index (κ2) is 4.72. The van der Waals surface area contributed by atoms with E-state index in [9.17, 15) is 0 Å². The number of aryl methyl sites for hydroxylation is 1. The molecular weight excluding hydrogens is 202 g/mol. The third kappa shape index (κ3) is 2.54. The maximum atomic E-state index is 8.84. The van der Waals surface area contributed by atoms with Crippen LogP contribution in [0.15, 0.2) is 23.1 Å². The maximum Gasteiger partial charge on any atom is 0.0994 e. The second-order valence-corrected chi connectivity index (χ2v) is 5.49. The highest BCUT2D eigenvalue weighted by Crippen LogP contribution is 2.35. The van der Waals surface area contributed by atoms with E-state index in [1.165, 1.54) is 30.6 Å². The number of rotatable bonds is 2. The summed E-state index contributed by atoms with van der Waals surface area (Å²) in [6.07, 6.45) is 5.47. The van der Waals surface area contributed by atoms with E-state index >= 15 is 0 Å². The third-order valence-corrected chi connectivity index (χ3v) is 4.25. The molecule has 0 aromatic heterocycles. The number of nitriles is 1. The summed E-state index contributed by atoms with van der Waals surface area (Å²) in [6.45, 7) is 2.01. The molecule has 0 N–H and O–H groups in total. The Hall–Kier alpha value is -0.940. The fourth-order valence-electron chi connectivity index (χ4n) is 2.03. The fraction of sp³-hybridized carbons (Fsp3) is 0.462. The van der Waals surface area contributed by atoms with Gasteiger partial charge in [-0.25, -0.2) is 0 Å². The lowest BCUT2D eigenvalue weighted by Crippen LogP contribution is -1.93. The minimum Gasteiger partial charge on any atom is -0.192 e. The van der Waals surface area contributed by atoms with Gasteiger partial charge in [0.25, 0.3) is 0 Å². The van der Waals surface area contributed by atoms with E-state index in [1.807, 2.05) is 24.8 Å². The van der Waals surface area contributed by atoms with Crippen molar-refractivity contribution < 1.29 is 0 Å². The van der Waals surface area contributed by atoms with Crippen molar-refractivity contribution in [1.29, 1.82) is 5.26 Å². The fourth-order valence-corrected chi connectivity index (χ4v) is 3.38. The summed E-state index contributed by atoms with van der Waals surface area (Å²) in [6, 6.07) is 8.36. The summed E-state index contributed by atoms with van der Waals surface area (Å²) < 4.78 is 0. The van der Waals surface area contributed by atoms with Crippen LogP contribution in [0.5, 0.6) is 0 Å². The van der Waals surface area contributed by atoms with Crippen LogP contribution in [0, 0.1) is 18.3 Å². The lowest BCUT2D eigenvalue weighted by atomic mass is 10.1. The van der Waals surface area contributed by atoms with Gasteiger partial charge in [0, 0.05) is 10.1 Å². The zero-order valence-electron chi connectivity index (χ0n) is 8.99. The lowest BCUT2D eigenvalue weighted by Gasteiger charge is -2.09. The highest BCUT2D eigenvalue weighted by atomic mass is 32.2. The number of hydrogen-bond acceptors (Lipinski definition) is 2. The van der Waals surface area contributed by atoms with E-state index in [1.54, 1.807) is 0 Å². The number of benzene rings is 1. The Kier molecular flexibility index (Phi) is 3.33. The van der Waals surface area contributed by atoms with E-state index in [0.717, 1.165) is 16.4 Å². The molecule has 1 aliphatic rings. The first-order chi connectivity index (χ1) is 7.29. The molecule has 15 heavy (non-hydrogen) atoms. The summed E-state index contributed by atoms with van der Waals surface area (Å²) in [5.74, 6) is 0. The van der Waals surface area contributed by atoms with Crippen LogP contribution in [0.2, 0.25) is 0 Å². The first kappa shape index (κ1) is 10.6. The Morgan fingerprint density at radius 2 is 2.07 bits per heavy atom. The quantitative estimate of drug-likeness (QED) is 0.750. The molecule has 1 aliphatic carbocycles. The minimum atomic E-state index is 0.797. The van der Waals surface area contributed by atoms with E-state index in [2.05, 4.69) is 18.2 Å².